The van der Waals surface area contributed by atoms with E-state index in [0.717, 1.165) is 22.5 Å². The molecule has 1 heterocycles. The minimum Gasteiger partial charge on any atom is -0.329 e. The molecule has 2 N–H and O–H groups in total. The SMILES string of the molecule is NCC(c1ccc(Br)cc1F)N1CCCC1C1CCCC1. The van der Waals surface area contributed by atoms with Crippen molar-refractivity contribution < 1.29 is 4.39 Å². The van der Waals surface area contributed by atoms with E-state index < -0.39 is 0 Å². The molecule has 0 aromatic heterocycles. The van der Waals surface area contributed by atoms with Crippen LogP contribution >= 0.6 is 15.9 Å². The smallest absolute Gasteiger partial charge is 0.129 e. The van der Waals surface area contributed by atoms with Crippen LogP contribution in [0.4, 0.5) is 4.39 Å². The second-order valence-corrected chi connectivity index (χ2v) is 7.32. The summed E-state index contributed by atoms with van der Waals surface area (Å²) in [6.07, 6.45) is 7.85. The molecular weight excluding hydrogens is 331 g/mol. The van der Waals surface area contributed by atoms with Crippen LogP contribution in [-0.4, -0.2) is 24.0 Å². The average Bonchev–Trinajstić information content (AvgIpc) is 3.12. The molecular formula is C17H24BrFN2. The van der Waals surface area contributed by atoms with Crippen LogP contribution in [-0.2, 0) is 0 Å². The minimum atomic E-state index is -0.142. The highest BCUT2D eigenvalue weighted by Gasteiger charge is 2.37. The van der Waals surface area contributed by atoms with Crippen molar-refractivity contribution in [3.8, 4) is 0 Å². The zero-order valence-corrected chi connectivity index (χ0v) is 14.0. The van der Waals surface area contributed by atoms with E-state index in [1.807, 2.05) is 12.1 Å². The number of nitrogens with two attached hydrogens (primary N) is 1. The molecule has 1 aliphatic heterocycles. The quantitative estimate of drug-likeness (QED) is 0.875. The van der Waals surface area contributed by atoms with Crippen molar-refractivity contribution in [1.29, 1.82) is 0 Å². The molecule has 1 aromatic carbocycles. The Morgan fingerprint density at radius 1 is 1.24 bits per heavy atom. The third kappa shape index (κ3) is 3.17. The van der Waals surface area contributed by atoms with Gasteiger partial charge in [0.1, 0.15) is 5.82 Å². The molecule has 2 nitrogen and oxygen atoms in total. The monoisotopic (exact) mass is 354 g/mol. The van der Waals surface area contributed by atoms with Crippen LogP contribution in [0, 0.1) is 11.7 Å². The summed E-state index contributed by atoms with van der Waals surface area (Å²) in [5.41, 5.74) is 6.79. The van der Waals surface area contributed by atoms with E-state index in [0.29, 0.717) is 12.6 Å². The minimum absolute atomic E-state index is 0.0196. The lowest BCUT2D eigenvalue weighted by molar-refractivity contribution is 0.136. The molecule has 2 atom stereocenters. The third-order valence-corrected chi connectivity index (χ3v) is 5.72. The summed E-state index contributed by atoms with van der Waals surface area (Å²) in [5, 5.41) is 0. The highest BCUT2D eigenvalue weighted by molar-refractivity contribution is 9.10. The number of hydrogen-bond donors (Lipinski definition) is 1. The molecule has 0 radical (unpaired) electrons. The summed E-state index contributed by atoms with van der Waals surface area (Å²) in [6, 6.07) is 5.98. The Morgan fingerprint density at radius 2 is 2.00 bits per heavy atom. The molecule has 0 bridgehead atoms. The summed E-state index contributed by atoms with van der Waals surface area (Å²) in [6.45, 7) is 1.54. The molecule has 1 saturated carbocycles. The first-order chi connectivity index (χ1) is 10.2. The number of nitrogens with zero attached hydrogens (tertiary/aromatic N) is 1. The van der Waals surface area contributed by atoms with Crippen LogP contribution in [0.1, 0.15) is 50.1 Å². The normalized spacial score (nSPS) is 25.6. The van der Waals surface area contributed by atoms with Gasteiger partial charge in [-0.1, -0.05) is 34.8 Å². The maximum absolute atomic E-state index is 14.3. The summed E-state index contributed by atoms with van der Waals surface area (Å²) < 4.78 is 15.1. The summed E-state index contributed by atoms with van der Waals surface area (Å²) in [5.74, 6) is 0.650. The van der Waals surface area contributed by atoms with E-state index in [1.165, 1.54) is 38.5 Å². The average molecular weight is 355 g/mol. The van der Waals surface area contributed by atoms with Crippen molar-refractivity contribution in [2.45, 2.75) is 50.6 Å². The number of likely N-dealkylation sites (tertiary alicyclic amines) is 1. The number of halogens is 2. The first kappa shape index (κ1) is 15.4. The van der Waals surface area contributed by atoms with Gasteiger partial charge in [-0.05, 0) is 50.3 Å². The molecule has 1 aliphatic carbocycles. The second kappa shape index (κ2) is 6.76. The van der Waals surface area contributed by atoms with Crippen LogP contribution in [0.15, 0.2) is 22.7 Å². The summed E-state index contributed by atoms with van der Waals surface area (Å²) in [7, 11) is 0. The molecule has 4 heteroatoms. The van der Waals surface area contributed by atoms with Crippen molar-refractivity contribution in [3.63, 3.8) is 0 Å². The van der Waals surface area contributed by atoms with Crippen LogP contribution in [0.5, 0.6) is 0 Å². The Labute approximate surface area is 135 Å². The van der Waals surface area contributed by atoms with Crippen LogP contribution in [0.2, 0.25) is 0 Å². The predicted octanol–water partition coefficient (Wildman–Crippen LogP) is 4.24. The topological polar surface area (TPSA) is 29.3 Å². The van der Waals surface area contributed by atoms with E-state index in [-0.39, 0.29) is 11.9 Å². The number of hydrogen-bond acceptors (Lipinski definition) is 2. The first-order valence-electron chi connectivity index (χ1n) is 8.11. The van der Waals surface area contributed by atoms with Gasteiger partial charge in [0, 0.05) is 22.6 Å². The lowest BCUT2D eigenvalue weighted by Crippen LogP contribution is -2.41. The van der Waals surface area contributed by atoms with E-state index >= 15 is 0 Å². The summed E-state index contributed by atoms with van der Waals surface area (Å²) in [4.78, 5) is 2.49. The van der Waals surface area contributed by atoms with E-state index in [2.05, 4.69) is 20.8 Å². The van der Waals surface area contributed by atoms with E-state index in [4.69, 9.17) is 5.73 Å². The molecule has 2 unspecified atom stereocenters. The van der Waals surface area contributed by atoms with Crippen molar-refractivity contribution in [2.24, 2.45) is 11.7 Å². The van der Waals surface area contributed by atoms with Gasteiger partial charge in [-0.3, -0.25) is 4.90 Å². The van der Waals surface area contributed by atoms with Gasteiger partial charge in [-0.2, -0.15) is 0 Å². The standard InChI is InChI=1S/C17H24BrFN2/c18-13-7-8-14(15(19)10-13)17(11-20)21-9-3-6-16(21)12-4-1-2-5-12/h7-8,10,12,16-17H,1-6,9,11,20H2. The van der Waals surface area contributed by atoms with Crippen molar-refractivity contribution in [3.05, 3.63) is 34.1 Å². The number of rotatable bonds is 4. The van der Waals surface area contributed by atoms with Gasteiger partial charge in [0.15, 0.2) is 0 Å². The fourth-order valence-corrected chi connectivity index (χ4v) is 4.60. The van der Waals surface area contributed by atoms with Crippen molar-refractivity contribution in [2.75, 3.05) is 13.1 Å². The van der Waals surface area contributed by atoms with Crippen molar-refractivity contribution in [1.82, 2.24) is 4.90 Å². The van der Waals surface area contributed by atoms with Crippen LogP contribution in [0.3, 0.4) is 0 Å². The Balaban J connectivity index is 1.84. The molecule has 0 spiro atoms. The van der Waals surface area contributed by atoms with Crippen LogP contribution in [0.25, 0.3) is 0 Å². The Bertz CT molecular complexity index is 488. The lowest BCUT2D eigenvalue weighted by atomic mass is 9.94. The Morgan fingerprint density at radius 3 is 2.67 bits per heavy atom. The molecule has 3 rings (SSSR count). The maximum Gasteiger partial charge on any atom is 0.129 e. The van der Waals surface area contributed by atoms with E-state index in [1.54, 1.807) is 6.07 Å². The Kier molecular flexibility index (Phi) is 4.97. The zero-order valence-electron chi connectivity index (χ0n) is 12.4. The molecule has 2 fully saturated rings. The largest absolute Gasteiger partial charge is 0.329 e. The fourth-order valence-electron chi connectivity index (χ4n) is 4.26. The Hall–Kier alpha value is -0.450. The third-order valence-electron chi connectivity index (χ3n) is 5.23. The highest BCUT2D eigenvalue weighted by atomic mass is 79.9. The molecule has 1 aromatic rings. The van der Waals surface area contributed by atoms with Gasteiger partial charge >= 0.3 is 0 Å². The fraction of sp³-hybridized carbons (Fsp3) is 0.647. The first-order valence-corrected chi connectivity index (χ1v) is 8.90. The van der Waals surface area contributed by atoms with Gasteiger partial charge in [0.25, 0.3) is 0 Å². The van der Waals surface area contributed by atoms with Gasteiger partial charge in [0.05, 0.1) is 6.04 Å². The predicted molar refractivity (Wildman–Crippen MR) is 87.6 cm³/mol. The maximum atomic E-state index is 14.3. The molecule has 0 amide bonds. The van der Waals surface area contributed by atoms with Gasteiger partial charge in [-0.15, -0.1) is 0 Å². The van der Waals surface area contributed by atoms with Gasteiger partial charge in [0.2, 0.25) is 0 Å². The molecule has 1 saturated heterocycles. The van der Waals surface area contributed by atoms with Crippen LogP contribution < -0.4 is 5.73 Å². The lowest BCUT2D eigenvalue weighted by Gasteiger charge is -2.36. The van der Waals surface area contributed by atoms with Gasteiger partial charge < -0.3 is 5.73 Å². The highest BCUT2D eigenvalue weighted by Crippen LogP contribution is 2.39. The second-order valence-electron chi connectivity index (χ2n) is 6.41. The van der Waals surface area contributed by atoms with E-state index in [9.17, 15) is 4.39 Å². The molecule has 2 aliphatic rings. The molecule has 21 heavy (non-hydrogen) atoms. The summed E-state index contributed by atoms with van der Waals surface area (Å²) >= 11 is 3.33. The zero-order chi connectivity index (χ0) is 14.8. The molecule has 116 valence electrons. The van der Waals surface area contributed by atoms with Gasteiger partial charge in [-0.25, -0.2) is 4.39 Å². The number of benzene rings is 1. The van der Waals surface area contributed by atoms with Crippen molar-refractivity contribution >= 4 is 15.9 Å².